The Morgan fingerprint density at radius 1 is 1.12 bits per heavy atom. The first-order valence-electron chi connectivity index (χ1n) is 7.64. The van der Waals surface area contributed by atoms with Crippen molar-refractivity contribution in [2.75, 3.05) is 0 Å². The third-order valence-corrected chi connectivity index (χ3v) is 5.63. The summed E-state index contributed by atoms with van der Waals surface area (Å²) in [6, 6.07) is 14.6. The zero-order valence-electron chi connectivity index (χ0n) is 13.8. The van der Waals surface area contributed by atoms with Gasteiger partial charge < -0.3 is 4.18 Å². The summed E-state index contributed by atoms with van der Waals surface area (Å²) in [6.45, 7) is 1.88. The van der Waals surface area contributed by atoms with Gasteiger partial charge in [0.15, 0.2) is 5.75 Å². The highest BCUT2D eigenvalue weighted by molar-refractivity contribution is 7.86. The largest absolute Gasteiger partial charge is 0.381 e. The Bertz CT molecular complexity index is 1040. The number of non-ortho nitro benzene ring substituents is 1. The second kappa shape index (κ2) is 7.27. The van der Waals surface area contributed by atoms with Gasteiger partial charge in [0.25, 0.3) is 5.69 Å². The fourth-order valence-corrected chi connectivity index (χ4v) is 4.31. The van der Waals surface area contributed by atoms with Crippen LogP contribution in [0, 0.1) is 17.0 Å². The SMILES string of the molecule is Cc1cccc(CS(=O)(=O)Oc2ccc([N+](=O)[O-])cc2-c2cccs2)c1. The van der Waals surface area contributed by atoms with Crippen LogP contribution >= 0.6 is 11.3 Å². The van der Waals surface area contributed by atoms with Crippen molar-refractivity contribution in [2.24, 2.45) is 0 Å². The van der Waals surface area contributed by atoms with Crippen LogP contribution in [0.4, 0.5) is 5.69 Å². The molecular weight excluding hydrogens is 374 g/mol. The quantitative estimate of drug-likeness (QED) is 0.351. The fraction of sp³-hybridized carbons (Fsp3) is 0.111. The molecule has 0 aliphatic heterocycles. The van der Waals surface area contributed by atoms with Crippen molar-refractivity contribution < 1.29 is 17.5 Å². The summed E-state index contributed by atoms with van der Waals surface area (Å²) in [5, 5.41) is 12.8. The van der Waals surface area contributed by atoms with Crippen molar-refractivity contribution in [3.8, 4) is 16.2 Å². The Hall–Kier alpha value is -2.71. The molecule has 1 aromatic heterocycles. The lowest BCUT2D eigenvalue weighted by molar-refractivity contribution is -0.384. The fourth-order valence-electron chi connectivity index (χ4n) is 2.50. The van der Waals surface area contributed by atoms with E-state index in [4.69, 9.17) is 4.18 Å². The Balaban J connectivity index is 1.94. The summed E-state index contributed by atoms with van der Waals surface area (Å²) < 4.78 is 30.2. The van der Waals surface area contributed by atoms with E-state index in [1.807, 2.05) is 13.0 Å². The number of hydrogen-bond acceptors (Lipinski definition) is 6. The molecule has 26 heavy (non-hydrogen) atoms. The van der Waals surface area contributed by atoms with Crippen LogP contribution in [-0.2, 0) is 15.9 Å². The van der Waals surface area contributed by atoms with Crippen LogP contribution in [-0.4, -0.2) is 13.3 Å². The number of nitrogens with zero attached hydrogens (tertiary/aromatic N) is 1. The maximum Gasteiger partial charge on any atom is 0.313 e. The predicted octanol–water partition coefficient (Wildman–Crippen LogP) is 4.54. The molecule has 6 nitrogen and oxygen atoms in total. The highest BCUT2D eigenvalue weighted by Gasteiger charge is 2.20. The van der Waals surface area contributed by atoms with E-state index in [0.29, 0.717) is 16.0 Å². The molecule has 3 rings (SSSR count). The number of hydrogen-bond donors (Lipinski definition) is 0. The minimum Gasteiger partial charge on any atom is -0.381 e. The van der Waals surface area contributed by atoms with Gasteiger partial charge >= 0.3 is 10.1 Å². The molecule has 0 saturated carbocycles. The summed E-state index contributed by atoms with van der Waals surface area (Å²) in [7, 11) is -3.92. The van der Waals surface area contributed by atoms with Crippen LogP contribution in [0.1, 0.15) is 11.1 Å². The molecule has 0 aliphatic carbocycles. The first kappa shape index (κ1) is 18.1. The third kappa shape index (κ3) is 4.27. The van der Waals surface area contributed by atoms with Crippen LogP contribution in [0.25, 0.3) is 10.4 Å². The Labute approximate surface area is 155 Å². The molecule has 0 N–H and O–H groups in total. The lowest BCUT2D eigenvalue weighted by Crippen LogP contribution is -2.12. The van der Waals surface area contributed by atoms with E-state index in [9.17, 15) is 18.5 Å². The average molecular weight is 389 g/mol. The molecule has 0 spiro atoms. The minimum atomic E-state index is -3.92. The molecule has 0 fully saturated rings. The van der Waals surface area contributed by atoms with E-state index in [2.05, 4.69) is 0 Å². The van der Waals surface area contributed by atoms with Crippen LogP contribution in [0.2, 0.25) is 0 Å². The zero-order valence-corrected chi connectivity index (χ0v) is 15.4. The number of thiophene rings is 1. The van der Waals surface area contributed by atoms with Gasteiger partial charge in [-0.05, 0) is 30.0 Å². The summed E-state index contributed by atoms with van der Waals surface area (Å²) in [6.07, 6.45) is 0. The standard InChI is InChI=1S/C18H15NO5S2/c1-13-4-2-5-14(10-13)12-26(22,23)24-17-8-7-15(19(20)21)11-16(17)18-6-3-9-25-18/h2-11H,12H2,1H3. The van der Waals surface area contributed by atoms with Crippen molar-refractivity contribution in [1.82, 2.24) is 0 Å². The lowest BCUT2D eigenvalue weighted by atomic mass is 10.1. The van der Waals surface area contributed by atoms with Crippen molar-refractivity contribution in [2.45, 2.75) is 12.7 Å². The molecule has 134 valence electrons. The van der Waals surface area contributed by atoms with Crippen molar-refractivity contribution in [3.63, 3.8) is 0 Å². The van der Waals surface area contributed by atoms with Gasteiger partial charge in [0, 0.05) is 22.6 Å². The summed E-state index contributed by atoms with van der Waals surface area (Å²) in [5.74, 6) is -0.207. The first-order valence-corrected chi connectivity index (χ1v) is 10.1. The molecule has 0 amide bonds. The van der Waals surface area contributed by atoms with Gasteiger partial charge in [-0.25, -0.2) is 0 Å². The smallest absolute Gasteiger partial charge is 0.313 e. The van der Waals surface area contributed by atoms with E-state index < -0.39 is 15.0 Å². The average Bonchev–Trinajstić information content (AvgIpc) is 3.08. The van der Waals surface area contributed by atoms with E-state index >= 15 is 0 Å². The van der Waals surface area contributed by atoms with E-state index in [1.165, 1.54) is 29.5 Å². The van der Waals surface area contributed by atoms with E-state index in [0.717, 1.165) is 5.56 Å². The van der Waals surface area contributed by atoms with Gasteiger partial charge in [0.1, 0.15) is 5.75 Å². The number of nitro groups is 1. The molecule has 0 unspecified atom stereocenters. The van der Waals surface area contributed by atoms with Crippen molar-refractivity contribution in [3.05, 3.63) is 81.2 Å². The molecule has 0 atom stereocenters. The van der Waals surface area contributed by atoms with Gasteiger partial charge in [-0.15, -0.1) is 11.3 Å². The molecule has 0 saturated heterocycles. The number of aryl methyl sites for hydroxylation is 1. The lowest BCUT2D eigenvalue weighted by Gasteiger charge is -2.11. The summed E-state index contributed by atoms with van der Waals surface area (Å²) >= 11 is 1.35. The summed E-state index contributed by atoms with van der Waals surface area (Å²) in [5.41, 5.74) is 1.82. The monoisotopic (exact) mass is 389 g/mol. The number of nitro benzene ring substituents is 1. The van der Waals surface area contributed by atoms with Crippen molar-refractivity contribution >= 4 is 27.1 Å². The minimum absolute atomic E-state index is 0.0747. The second-order valence-electron chi connectivity index (χ2n) is 5.69. The normalized spacial score (nSPS) is 11.3. The Morgan fingerprint density at radius 3 is 2.58 bits per heavy atom. The Morgan fingerprint density at radius 2 is 1.92 bits per heavy atom. The van der Waals surface area contributed by atoms with Gasteiger partial charge in [-0.1, -0.05) is 35.9 Å². The number of rotatable bonds is 6. The molecule has 0 radical (unpaired) electrons. The van der Waals surface area contributed by atoms with Crippen molar-refractivity contribution in [1.29, 1.82) is 0 Å². The predicted molar refractivity (Wildman–Crippen MR) is 101 cm³/mol. The highest BCUT2D eigenvalue weighted by atomic mass is 32.2. The third-order valence-electron chi connectivity index (χ3n) is 3.60. The molecule has 0 bridgehead atoms. The van der Waals surface area contributed by atoms with Gasteiger partial charge in [-0.2, -0.15) is 8.42 Å². The number of benzene rings is 2. The molecule has 2 aromatic carbocycles. The van der Waals surface area contributed by atoms with Gasteiger partial charge in [0.2, 0.25) is 0 Å². The topological polar surface area (TPSA) is 86.5 Å². The summed E-state index contributed by atoms with van der Waals surface area (Å²) in [4.78, 5) is 11.2. The molecule has 8 heteroatoms. The maximum atomic E-state index is 12.5. The molecule has 3 aromatic rings. The van der Waals surface area contributed by atoms with Crippen LogP contribution in [0.5, 0.6) is 5.75 Å². The van der Waals surface area contributed by atoms with E-state index in [-0.39, 0.29) is 17.2 Å². The zero-order chi connectivity index (χ0) is 18.7. The van der Waals surface area contributed by atoms with Crippen LogP contribution in [0.3, 0.4) is 0 Å². The Kier molecular flexibility index (Phi) is 5.06. The van der Waals surface area contributed by atoms with Crippen LogP contribution in [0.15, 0.2) is 60.0 Å². The first-order chi connectivity index (χ1) is 12.3. The highest BCUT2D eigenvalue weighted by Crippen LogP contribution is 2.37. The van der Waals surface area contributed by atoms with Gasteiger partial charge in [0.05, 0.1) is 4.92 Å². The molecular formula is C18H15NO5S2. The molecule has 1 heterocycles. The van der Waals surface area contributed by atoms with E-state index in [1.54, 1.807) is 35.7 Å². The van der Waals surface area contributed by atoms with Crippen LogP contribution < -0.4 is 4.18 Å². The second-order valence-corrected chi connectivity index (χ2v) is 8.21. The molecule has 0 aliphatic rings. The van der Waals surface area contributed by atoms with Gasteiger partial charge in [-0.3, -0.25) is 10.1 Å². The maximum absolute atomic E-state index is 12.5.